The molecule has 214 valence electrons. The van der Waals surface area contributed by atoms with E-state index >= 15 is 0 Å². The highest BCUT2D eigenvalue weighted by Crippen LogP contribution is 2.39. The second-order valence-electron chi connectivity index (χ2n) is 11.7. The van der Waals surface area contributed by atoms with Gasteiger partial charge in [0.2, 0.25) is 5.95 Å². The van der Waals surface area contributed by atoms with Gasteiger partial charge in [0, 0.05) is 49.9 Å². The summed E-state index contributed by atoms with van der Waals surface area (Å²) in [6.07, 6.45) is 2.15. The van der Waals surface area contributed by atoms with Crippen molar-refractivity contribution in [2.24, 2.45) is 0 Å². The monoisotopic (exact) mass is 587 g/mol. The Kier molecular flexibility index (Phi) is 5.22. The van der Waals surface area contributed by atoms with Gasteiger partial charge in [-0.25, -0.2) is 15.0 Å². The molecule has 2 aliphatic rings. The number of fused-ring (bicyclic) bond motifs is 9. The topological polar surface area (TPSA) is 48.5 Å². The van der Waals surface area contributed by atoms with Crippen molar-refractivity contribution in [3.63, 3.8) is 0 Å². The van der Waals surface area contributed by atoms with Gasteiger partial charge in [-0.3, -0.25) is 4.57 Å². The van der Waals surface area contributed by atoms with Gasteiger partial charge in [-0.2, -0.15) is 0 Å². The average Bonchev–Trinajstić information content (AvgIpc) is 3.67. The predicted molar refractivity (Wildman–Crippen MR) is 188 cm³/mol. The predicted octanol–water partition coefficient (Wildman–Crippen LogP) is 9.99. The van der Waals surface area contributed by atoms with Gasteiger partial charge in [-0.05, 0) is 42.5 Å². The van der Waals surface area contributed by atoms with Crippen molar-refractivity contribution < 1.29 is 0 Å². The molecule has 5 heteroatoms. The van der Waals surface area contributed by atoms with Crippen molar-refractivity contribution >= 4 is 54.5 Å². The molecule has 0 radical (unpaired) electrons. The number of hydrogen-bond acceptors (Lipinski definition) is 3. The maximum Gasteiger partial charge on any atom is 0.235 e. The fourth-order valence-electron chi connectivity index (χ4n) is 7.06. The molecule has 6 aromatic carbocycles. The van der Waals surface area contributed by atoms with Crippen LogP contribution >= 0.6 is 0 Å². The number of pyridine rings is 1. The first-order valence-corrected chi connectivity index (χ1v) is 15.5. The summed E-state index contributed by atoms with van der Waals surface area (Å²) in [7, 11) is 0. The first-order chi connectivity index (χ1) is 22.8. The summed E-state index contributed by atoms with van der Waals surface area (Å²) in [5.41, 5.74) is 10.4. The van der Waals surface area contributed by atoms with Crippen LogP contribution in [0.15, 0.2) is 152 Å². The Bertz CT molecular complexity index is 2750. The van der Waals surface area contributed by atoms with Crippen molar-refractivity contribution in [1.29, 1.82) is 0 Å². The summed E-state index contributed by atoms with van der Waals surface area (Å²) in [5.74, 6) is 0.626. The molecule has 10 rings (SSSR count). The van der Waals surface area contributed by atoms with E-state index in [1.165, 1.54) is 16.3 Å². The Labute approximate surface area is 264 Å². The number of aromatic nitrogens is 5. The molecule has 0 bridgehead atoms. The van der Waals surface area contributed by atoms with Crippen LogP contribution in [0.2, 0.25) is 0 Å². The Balaban J connectivity index is 1.27. The fourth-order valence-corrected chi connectivity index (χ4v) is 7.06. The third kappa shape index (κ3) is 3.60. The van der Waals surface area contributed by atoms with E-state index in [0.29, 0.717) is 5.95 Å². The molecule has 0 aliphatic carbocycles. The lowest BCUT2D eigenvalue weighted by Crippen LogP contribution is -2.06. The molecular weight excluding hydrogens is 562 g/mol. The van der Waals surface area contributed by atoms with Crippen LogP contribution in [-0.2, 0) is 0 Å². The zero-order chi connectivity index (χ0) is 30.2. The Morgan fingerprint density at radius 2 is 1.04 bits per heavy atom. The van der Waals surface area contributed by atoms with Gasteiger partial charge in [0.15, 0.2) is 0 Å². The molecular formula is C41H25N5. The van der Waals surface area contributed by atoms with E-state index in [1.54, 1.807) is 0 Å². The fraction of sp³-hybridized carbons (Fsp3) is 0. The van der Waals surface area contributed by atoms with E-state index in [1.807, 2.05) is 12.1 Å². The Morgan fingerprint density at radius 3 is 1.87 bits per heavy atom. The van der Waals surface area contributed by atoms with E-state index in [0.717, 1.165) is 66.4 Å². The van der Waals surface area contributed by atoms with Crippen molar-refractivity contribution in [2.45, 2.75) is 0 Å². The van der Waals surface area contributed by atoms with E-state index in [4.69, 9.17) is 15.0 Å². The van der Waals surface area contributed by atoms with Gasteiger partial charge < -0.3 is 4.57 Å². The molecule has 0 saturated carbocycles. The molecule has 46 heavy (non-hydrogen) atoms. The van der Waals surface area contributed by atoms with Crippen LogP contribution in [0.3, 0.4) is 0 Å². The van der Waals surface area contributed by atoms with E-state index in [-0.39, 0.29) is 0 Å². The molecule has 0 saturated heterocycles. The lowest BCUT2D eigenvalue weighted by molar-refractivity contribution is 0.974. The summed E-state index contributed by atoms with van der Waals surface area (Å²) >= 11 is 0. The Morgan fingerprint density at radius 1 is 0.413 bits per heavy atom. The summed E-state index contributed by atoms with van der Waals surface area (Å²) in [4.78, 5) is 15.5. The number of rotatable bonds is 3. The van der Waals surface area contributed by atoms with Crippen LogP contribution in [0.25, 0.3) is 88.7 Å². The molecule has 0 fully saturated rings. The molecule has 0 atom stereocenters. The third-order valence-corrected chi connectivity index (χ3v) is 9.13. The van der Waals surface area contributed by atoms with Gasteiger partial charge >= 0.3 is 0 Å². The Hall–Kier alpha value is -6.33. The number of hydrogen-bond donors (Lipinski definition) is 0. The van der Waals surface area contributed by atoms with Crippen LogP contribution < -0.4 is 0 Å². The molecule has 5 nitrogen and oxygen atoms in total. The minimum atomic E-state index is 0.626. The number of benzene rings is 6. The highest BCUT2D eigenvalue weighted by molar-refractivity contribution is 6.11. The first kappa shape index (κ1) is 25.0. The lowest BCUT2D eigenvalue weighted by atomic mass is 10.0. The highest BCUT2D eigenvalue weighted by atomic mass is 15.1. The molecule has 8 aromatic rings. The van der Waals surface area contributed by atoms with E-state index < -0.39 is 0 Å². The van der Waals surface area contributed by atoms with Crippen molar-refractivity contribution in [3.05, 3.63) is 152 Å². The molecule has 0 amide bonds. The minimum Gasteiger partial charge on any atom is -0.309 e. The largest absolute Gasteiger partial charge is 0.309 e. The molecule has 4 heterocycles. The summed E-state index contributed by atoms with van der Waals surface area (Å²) in [6, 6.07) is 50.9. The maximum absolute atomic E-state index is 5.35. The average molecular weight is 588 g/mol. The number of nitrogens with zero attached hydrogens (tertiary/aromatic N) is 5. The van der Waals surface area contributed by atoms with Gasteiger partial charge in [0.25, 0.3) is 0 Å². The van der Waals surface area contributed by atoms with Gasteiger partial charge in [0.1, 0.15) is 0 Å². The standard InChI is InChI=1S/C41H25N5/c1-2-12-27(13-3-1)46-37-21-11-6-15-29(37)30-23-22-26(24-38(30)46)39-31-16-5-9-19-35(31)43-41(44-39)45-25-33-28-14-4-8-18-34(28)42-40(33)32-17-7-10-20-36(32)45/h1-25H. The summed E-state index contributed by atoms with van der Waals surface area (Å²) < 4.78 is 4.48. The zero-order valence-electron chi connectivity index (χ0n) is 24.7. The van der Waals surface area contributed by atoms with Crippen LogP contribution in [0.5, 0.6) is 0 Å². The smallest absolute Gasteiger partial charge is 0.235 e. The normalized spacial score (nSPS) is 11.9. The summed E-state index contributed by atoms with van der Waals surface area (Å²) in [6.45, 7) is 0. The lowest BCUT2D eigenvalue weighted by Gasteiger charge is -2.16. The van der Waals surface area contributed by atoms with Crippen molar-refractivity contribution in [1.82, 2.24) is 24.1 Å². The molecule has 2 aromatic heterocycles. The second-order valence-corrected chi connectivity index (χ2v) is 11.7. The van der Waals surface area contributed by atoms with Gasteiger partial charge in [-0.1, -0.05) is 103 Å². The van der Waals surface area contributed by atoms with Crippen LogP contribution in [0.1, 0.15) is 0 Å². The van der Waals surface area contributed by atoms with Crippen LogP contribution in [0.4, 0.5) is 0 Å². The SMILES string of the molecule is c1ccc(-n2c3ccccc3c3ccc(-c4nc(-n5cc6c7ccccc7nc-6c6ccccc65)nc5ccccc45)cc32)cc1. The van der Waals surface area contributed by atoms with E-state index in [9.17, 15) is 0 Å². The van der Waals surface area contributed by atoms with Crippen LogP contribution in [0, 0.1) is 0 Å². The number of para-hydroxylation sites is 5. The zero-order valence-corrected chi connectivity index (χ0v) is 24.7. The third-order valence-electron chi connectivity index (χ3n) is 9.13. The molecule has 0 unspecified atom stereocenters. The second kappa shape index (κ2) is 9.58. The minimum absolute atomic E-state index is 0.626. The van der Waals surface area contributed by atoms with Crippen molar-refractivity contribution in [2.75, 3.05) is 0 Å². The van der Waals surface area contributed by atoms with E-state index in [2.05, 4.69) is 149 Å². The first-order valence-electron chi connectivity index (χ1n) is 15.5. The van der Waals surface area contributed by atoms with Crippen molar-refractivity contribution in [3.8, 4) is 34.2 Å². The summed E-state index contributed by atoms with van der Waals surface area (Å²) in [5, 5.41) is 5.65. The van der Waals surface area contributed by atoms with Gasteiger partial charge in [-0.15, -0.1) is 0 Å². The van der Waals surface area contributed by atoms with Crippen LogP contribution in [-0.4, -0.2) is 24.1 Å². The highest BCUT2D eigenvalue weighted by Gasteiger charge is 2.20. The molecule has 2 aliphatic heterocycles. The van der Waals surface area contributed by atoms with Gasteiger partial charge in [0.05, 0.1) is 39.0 Å². The molecule has 0 spiro atoms. The quantitative estimate of drug-likeness (QED) is 0.207. The maximum atomic E-state index is 5.35. The molecule has 0 N–H and O–H groups in total.